The Hall–Kier alpha value is -2.42. The van der Waals surface area contributed by atoms with Gasteiger partial charge in [-0.3, -0.25) is 9.59 Å². The zero-order valence-electron chi connectivity index (χ0n) is 17.7. The van der Waals surface area contributed by atoms with E-state index < -0.39 is 15.9 Å². The number of anilines is 1. The van der Waals surface area contributed by atoms with Crippen molar-refractivity contribution < 1.29 is 18.0 Å². The molecule has 1 fully saturated rings. The van der Waals surface area contributed by atoms with Gasteiger partial charge in [-0.25, -0.2) is 13.1 Å². The standard InChI is InChI=1S/C22H26ClN3O4S/c1-4-26(13-21(27)24-20-11-16(23)7-5-15(20)3)22(28)19-12-18(10-6-14(19)2)31(29,30)25-17-8-9-17/h5-7,10-12,17,25H,4,8-9,13H2,1-3H3,(H,24,27). The van der Waals surface area contributed by atoms with Gasteiger partial charge >= 0.3 is 0 Å². The van der Waals surface area contributed by atoms with Crippen LogP contribution in [0.15, 0.2) is 41.3 Å². The summed E-state index contributed by atoms with van der Waals surface area (Å²) in [5.41, 5.74) is 2.33. The lowest BCUT2D eigenvalue weighted by Gasteiger charge is -2.22. The zero-order valence-corrected chi connectivity index (χ0v) is 19.3. The number of nitrogens with zero attached hydrogens (tertiary/aromatic N) is 1. The second-order valence-electron chi connectivity index (χ2n) is 7.70. The summed E-state index contributed by atoms with van der Waals surface area (Å²) in [6.45, 7) is 5.47. The van der Waals surface area contributed by atoms with Gasteiger partial charge in [0.25, 0.3) is 5.91 Å². The lowest BCUT2D eigenvalue weighted by molar-refractivity contribution is -0.116. The molecule has 0 saturated heterocycles. The molecular weight excluding hydrogens is 438 g/mol. The smallest absolute Gasteiger partial charge is 0.254 e. The van der Waals surface area contributed by atoms with E-state index in [1.807, 2.05) is 6.92 Å². The minimum absolute atomic E-state index is 0.0313. The van der Waals surface area contributed by atoms with Gasteiger partial charge in [-0.1, -0.05) is 23.7 Å². The number of likely N-dealkylation sites (N-methyl/N-ethyl adjacent to an activating group) is 1. The minimum atomic E-state index is -3.69. The Bertz CT molecular complexity index is 1110. The Morgan fingerprint density at radius 2 is 1.77 bits per heavy atom. The van der Waals surface area contributed by atoms with Gasteiger partial charge in [0, 0.05) is 28.9 Å². The number of benzene rings is 2. The second-order valence-corrected chi connectivity index (χ2v) is 9.85. The van der Waals surface area contributed by atoms with Crippen LogP contribution in [0, 0.1) is 13.8 Å². The molecule has 1 aliphatic rings. The Kier molecular flexibility index (Phi) is 7.03. The highest BCUT2D eigenvalue weighted by Gasteiger charge is 2.29. The van der Waals surface area contributed by atoms with Crippen molar-refractivity contribution >= 4 is 39.1 Å². The van der Waals surface area contributed by atoms with Crippen molar-refractivity contribution in [3.63, 3.8) is 0 Å². The largest absolute Gasteiger partial charge is 0.330 e. The first-order valence-electron chi connectivity index (χ1n) is 10.1. The molecule has 166 valence electrons. The number of aryl methyl sites for hydroxylation is 2. The van der Waals surface area contributed by atoms with Crippen molar-refractivity contribution in [1.29, 1.82) is 0 Å². The van der Waals surface area contributed by atoms with Crippen LogP contribution in [0.3, 0.4) is 0 Å². The van der Waals surface area contributed by atoms with Gasteiger partial charge in [0.1, 0.15) is 6.54 Å². The molecule has 31 heavy (non-hydrogen) atoms. The molecule has 0 aromatic heterocycles. The van der Waals surface area contributed by atoms with E-state index in [4.69, 9.17) is 11.6 Å². The summed E-state index contributed by atoms with van der Waals surface area (Å²) in [6, 6.07) is 9.63. The van der Waals surface area contributed by atoms with Crippen molar-refractivity contribution in [3.8, 4) is 0 Å². The summed E-state index contributed by atoms with van der Waals surface area (Å²) in [7, 11) is -3.69. The fourth-order valence-corrected chi connectivity index (χ4v) is 4.58. The molecule has 0 aliphatic heterocycles. The molecule has 7 nitrogen and oxygen atoms in total. The average molecular weight is 464 g/mol. The van der Waals surface area contributed by atoms with Crippen LogP contribution in [-0.2, 0) is 14.8 Å². The van der Waals surface area contributed by atoms with Gasteiger partial charge in [-0.2, -0.15) is 0 Å². The maximum absolute atomic E-state index is 13.1. The fraction of sp³-hybridized carbons (Fsp3) is 0.364. The number of rotatable bonds is 8. The molecule has 1 aliphatic carbocycles. The van der Waals surface area contributed by atoms with Crippen molar-refractivity contribution in [3.05, 3.63) is 58.1 Å². The fourth-order valence-electron chi connectivity index (χ4n) is 3.08. The lowest BCUT2D eigenvalue weighted by atomic mass is 10.1. The van der Waals surface area contributed by atoms with E-state index >= 15 is 0 Å². The first-order chi connectivity index (χ1) is 14.6. The molecule has 0 heterocycles. The molecule has 2 aromatic carbocycles. The van der Waals surface area contributed by atoms with Crippen molar-refractivity contribution in [1.82, 2.24) is 9.62 Å². The van der Waals surface area contributed by atoms with E-state index in [-0.39, 0.29) is 35.5 Å². The highest BCUT2D eigenvalue weighted by atomic mass is 35.5. The van der Waals surface area contributed by atoms with Gasteiger partial charge in [-0.15, -0.1) is 0 Å². The van der Waals surface area contributed by atoms with E-state index in [0.29, 0.717) is 16.3 Å². The summed E-state index contributed by atoms with van der Waals surface area (Å²) in [4.78, 5) is 27.1. The SMILES string of the molecule is CCN(CC(=O)Nc1cc(Cl)ccc1C)C(=O)c1cc(S(=O)(=O)NC2CC2)ccc1C. The lowest BCUT2D eigenvalue weighted by Crippen LogP contribution is -2.38. The summed E-state index contributed by atoms with van der Waals surface area (Å²) < 4.78 is 27.7. The van der Waals surface area contributed by atoms with E-state index in [2.05, 4.69) is 10.0 Å². The molecule has 9 heteroatoms. The van der Waals surface area contributed by atoms with E-state index in [9.17, 15) is 18.0 Å². The number of carbonyl (C=O) groups excluding carboxylic acids is 2. The van der Waals surface area contributed by atoms with Crippen molar-refractivity contribution in [2.75, 3.05) is 18.4 Å². The van der Waals surface area contributed by atoms with Crippen LogP contribution < -0.4 is 10.0 Å². The number of nitrogens with one attached hydrogen (secondary N) is 2. The Morgan fingerprint density at radius 1 is 1.10 bits per heavy atom. The number of halogens is 1. The van der Waals surface area contributed by atoms with Crippen LogP contribution in [0.5, 0.6) is 0 Å². The third-order valence-corrected chi connectivity index (χ3v) is 6.88. The topological polar surface area (TPSA) is 95.6 Å². The molecule has 3 rings (SSSR count). The minimum Gasteiger partial charge on any atom is -0.330 e. The molecule has 2 N–H and O–H groups in total. The molecule has 0 unspecified atom stereocenters. The zero-order chi connectivity index (χ0) is 22.8. The van der Waals surface area contributed by atoms with Crippen LogP contribution in [0.25, 0.3) is 0 Å². The highest BCUT2D eigenvalue weighted by Crippen LogP contribution is 2.24. The molecule has 0 spiro atoms. The van der Waals surface area contributed by atoms with Crippen LogP contribution in [0.2, 0.25) is 5.02 Å². The number of amides is 2. The highest BCUT2D eigenvalue weighted by molar-refractivity contribution is 7.89. The van der Waals surface area contributed by atoms with Crippen molar-refractivity contribution in [2.45, 2.75) is 44.6 Å². The second kappa shape index (κ2) is 9.38. The molecule has 0 atom stereocenters. The third kappa shape index (κ3) is 5.84. The first kappa shape index (κ1) is 23.2. The summed E-state index contributed by atoms with van der Waals surface area (Å²) in [6.07, 6.45) is 1.64. The molecular formula is C22H26ClN3O4S. The maximum Gasteiger partial charge on any atom is 0.254 e. The number of sulfonamides is 1. The Balaban J connectivity index is 1.77. The summed E-state index contributed by atoms with van der Waals surface area (Å²) >= 11 is 6.00. The summed E-state index contributed by atoms with van der Waals surface area (Å²) in [5.74, 6) is -0.765. The predicted octanol–water partition coefficient (Wildman–Crippen LogP) is 3.50. The number of hydrogen-bond acceptors (Lipinski definition) is 4. The van der Waals surface area contributed by atoms with Crippen molar-refractivity contribution in [2.24, 2.45) is 0 Å². The molecule has 2 aromatic rings. The number of hydrogen-bond donors (Lipinski definition) is 2. The van der Waals surface area contributed by atoms with Gasteiger partial charge in [0.05, 0.1) is 4.90 Å². The van der Waals surface area contributed by atoms with E-state index in [1.165, 1.54) is 17.0 Å². The Morgan fingerprint density at radius 3 is 2.42 bits per heavy atom. The van der Waals surface area contributed by atoms with Gasteiger partial charge < -0.3 is 10.2 Å². The molecule has 0 bridgehead atoms. The maximum atomic E-state index is 13.1. The predicted molar refractivity (Wildman–Crippen MR) is 121 cm³/mol. The van der Waals surface area contributed by atoms with Gasteiger partial charge in [0.2, 0.25) is 15.9 Å². The van der Waals surface area contributed by atoms with Crippen LogP contribution in [0.4, 0.5) is 5.69 Å². The van der Waals surface area contributed by atoms with E-state index in [1.54, 1.807) is 38.1 Å². The Labute approximate surface area is 187 Å². The first-order valence-corrected chi connectivity index (χ1v) is 11.9. The molecule has 0 radical (unpaired) electrons. The van der Waals surface area contributed by atoms with Gasteiger partial charge in [-0.05, 0) is 69.0 Å². The quantitative estimate of drug-likeness (QED) is 0.626. The van der Waals surface area contributed by atoms with Gasteiger partial charge in [0.15, 0.2) is 0 Å². The molecule has 1 saturated carbocycles. The van der Waals surface area contributed by atoms with E-state index in [0.717, 1.165) is 18.4 Å². The number of carbonyl (C=O) groups is 2. The molecule has 2 amide bonds. The normalized spacial score (nSPS) is 13.7. The van der Waals surface area contributed by atoms with Crippen LogP contribution >= 0.6 is 11.6 Å². The monoisotopic (exact) mass is 463 g/mol. The average Bonchev–Trinajstić information content (AvgIpc) is 3.52. The third-order valence-electron chi connectivity index (χ3n) is 5.13. The van der Waals surface area contributed by atoms with Crippen LogP contribution in [0.1, 0.15) is 41.3 Å². The summed E-state index contributed by atoms with van der Waals surface area (Å²) in [5, 5.41) is 3.28. The van der Waals surface area contributed by atoms with Crippen LogP contribution in [-0.4, -0.2) is 44.3 Å².